The number of likely N-dealkylation sites (N-methyl/N-ethyl adjacent to an activating group) is 1. The van der Waals surface area contributed by atoms with E-state index < -0.39 is 5.82 Å². The Balaban J connectivity index is 2.02. The molecule has 0 spiro atoms. The van der Waals surface area contributed by atoms with E-state index in [1.54, 1.807) is 32.4 Å². The molecule has 6 heteroatoms. The first-order chi connectivity index (χ1) is 13.8. The van der Waals surface area contributed by atoms with E-state index in [2.05, 4.69) is 13.8 Å². The molecule has 29 heavy (non-hydrogen) atoms. The summed E-state index contributed by atoms with van der Waals surface area (Å²) in [6.45, 7) is 5.04. The SMILES string of the molecule is COc1ccc(CN(C)C(=O)/C=C/c2ccc(OCC(C)C)c(OC)c2)cc1F. The van der Waals surface area contributed by atoms with Gasteiger partial charge < -0.3 is 19.1 Å². The molecular formula is C23H28FNO4. The number of nitrogens with zero attached hydrogens (tertiary/aromatic N) is 1. The van der Waals surface area contributed by atoms with Crippen molar-refractivity contribution >= 4 is 12.0 Å². The summed E-state index contributed by atoms with van der Waals surface area (Å²) in [4.78, 5) is 13.9. The minimum atomic E-state index is -0.451. The molecule has 0 radical (unpaired) electrons. The zero-order valence-corrected chi connectivity index (χ0v) is 17.6. The predicted molar refractivity (Wildman–Crippen MR) is 112 cm³/mol. The number of carbonyl (C=O) groups is 1. The van der Waals surface area contributed by atoms with Gasteiger partial charge in [-0.2, -0.15) is 0 Å². The normalized spacial score (nSPS) is 11.0. The Morgan fingerprint density at radius 1 is 1.07 bits per heavy atom. The Bertz CT molecular complexity index is 864. The van der Waals surface area contributed by atoms with Gasteiger partial charge in [-0.1, -0.05) is 26.0 Å². The first kappa shape index (κ1) is 22.3. The molecule has 0 atom stereocenters. The minimum absolute atomic E-state index is 0.178. The molecule has 0 saturated carbocycles. The van der Waals surface area contributed by atoms with Crippen LogP contribution in [-0.4, -0.2) is 38.7 Å². The van der Waals surface area contributed by atoms with E-state index in [0.29, 0.717) is 29.6 Å². The van der Waals surface area contributed by atoms with Crippen molar-refractivity contribution in [2.45, 2.75) is 20.4 Å². The Morgan fingerprint density at radius 3 is 2.38 bits per heavy atom. The number of benzene rings is 2. The van der Waals surface area contributed by atoms with Gasteiger partial charge in [0.25, 0.3) is 0 Å². The topological polar surface area (TPSA) is 48.0 Å². The first-order valence-corrected chi connectivity index (χ1v) is 9.40. The fourth-order valence-corrected chi connectivity index (χ4v) is 2.62. The van der Waals surface area contributed by atoms with Crippen molar-refractivity contribution < 1.29 is 23.4 Å². The molecule has 0 aromatic heterocycles. The van der Waals surface area contributed by atoms with E-state index in [4.69, 9.17) is 14.2 Å². The Morgan fingerprint density at radius 2 is 1.76 bits per heavy atom. The molecule has 2 aromatic rings. The highest BCUT2D eigenvalue weighted by molar-refractivity contribution is 5.91. The standard InChI is InChI=1S/C23H28FNO4/c1-16(2)15-29-21-10-6-17(13-22(21)28-5)8-11-23(26)25(3)14-18-7-9-20(27-4)19(24)12-18/h6-13,16H,14-15H2,1-5H3/b11-8+. The van der Waals surface area contributed by atoms with Crippen LogP contribution in [0.5, 0.6) is 17.2 Å². The number of carbonyl (C=O) groups excluding carboxylic acids is 1. The van der Waals surface area contributed by atoms with Gasteiger partial charge in [-0.05, 0) is 47.4 Å². The Hall–Kier alpha value is -3.02. The summed E-state index contributed by atoms with van der Waals surface area (Å²) in [6.07, 6.45) is 3.19. The van der Waals surface area contributed by atoms with Crippen molar-refractivity contribution in [3.05, 3.63) is 59.4 Å². The van der Waals surface area contributed by atoms with Crippen molar-refractivity contribution in [1.82, 2.24) is 4.90 Å². The summed E-state index contributed by atoms with van der Waals surface area (Å²) < 4.78 is 29.8. The summed E-state index contributed by atoms with van der Waals surface area (Å²) in [5, 5.41) is 0. The van der Waals surface area contributed by atoms with E-state index in [-0.39, 0.29) is 18.2 Å². The lowest BCUT2D eigenvalue weighted by atomic mass is 10.1. The maximum atomic E-state index is 13.8. The summed E-state index contributed by atoms with van der Waals surface area (Å²) in [6, 6.07) is 10.2. The van der Waals surface area contributed by atoms with E-state index in [1.807, 2.05) is 18.2 Å². The molecule has 0 bridgehead atoms. The van der Waals surface area contributed by atoms with Gasteiger partial charge in [0.15, 0.2) is 23.1 Å². The smallest absolute Gasteiger partial charge is 0.246 e. The Kier molecular flexibility index (Phi) is 8.07. The fourth-order valence-electron chi connectivity index (χ4n) is 2.62. The average Bonchev–Trinajstić information content (AvgIpc) is 2.70. The van der Waals surface area contributed by atoms with E-state index in [0.717, 1.165) is 5.56 Å². The highest BCUT2D eigenvalue weighted by Gasteiger charge is 2.10. The number of hydrogen-bond acceptors (Lipinski definition) is 4. The number of rotatable bonds is 9. The van der Waals surface area contributed by atoms with Crippen LogP contribution in [0.2, 0.25) is 0 Å². The van der Waals surface area contributed by atoms with Crippen molar-refractivity contribution in [2.75, 3.05) is 27.9 Å². The van der Waals surface area contributed by atoms with Crippen molar-refractivity contribution in [1.29, 1.82) is 0 Å². The quantitative estimate of drug-likeness (QED) is 0.579. The molecule has 0 heterocycles. The molecular weight excluding hydrogens is 373 g/mol. The number of ether oxygens (including phenoxy) is 3. The highest BCUT2D eigenvalue weighted by Crippen LogP contribution is 2.29. The monoisotopic (exact) mass is 401 g/mol. The van der Waals surface area contributed by atoms with Crippen LogP contribution in [0.15, 0.2) is 42.5 Å². The molecule has 0 aliphatic carbocycles. The van der Waals surface area contributed by atoms with Crippen LogP contribution < -0.4 is 14.2 Å². The lowest BCUT2D eigenvalue weighted by Gasteiger charge is -2.16. The lowest BCUT2D eigenvalue weighted by Crippen LogP contribution is -2.24. The third-order valence-corrected chi connectivity index (χ3v) is 4.19. The number of methoxy groups -OCH3 is 2. The van der Waals surface area contributed by atoms with Crippen LogP contribution in [0.25, 0.3) is 6.08 Å². The molecule has 0 aliphatic heterocycles. The maximum absolute atomic E-state index is 13.8. The van der Waals surface area contributed by atoms with Crippen LogP contribution in [0.3, 0.4) is 0 Å². The molecule has 1 amide bonds. The van der Waals surface area contributed by atoms with Crippen LogP contribution in [0.1, 0.15) is 25.0 Å². The van der Waals surface area contributed by atoms with Gasteiger partial charge in [-0.3, -0.25) is 4.79 Å². The lowest BCUT2D eigenvalue weighted by molar-refractivity contribution is -0.125. The van der Waals surface area contributed by atoms with Gasteiger partial charge in [-0.25, -0.2) is 4.39 Å². The van der Waals surface area contributed by atoms with E-state index in [1.165, 1.54) is 24.2 Å². The van der Waals surface area contributed by atoms with Crippen LogP contribution in [0.4, 0.5) is 4.39 Å². The van der Waals surface area contributed by atoms with Gasteiger partial charge in [-0.15, -0.1) is 0 Å². The summed E-state index contributed by atoms with van der Waals surface area (Å²) in [5.74, 6) is 1.23. The molecule has 0 fully saturated rings. The number of amides is 1. The maximum Gasteiger partial charge on any atom is 0.246 e. The van der Waals surface area contributed by atoms with E-state index in [9.17, 15) is 9.18 Å². The summed E-state index contributed by atoms with van der Waals surface area (Å²) >= 11 is 0. The average molecular weight is 401 g/mol. The van der Waals surface area contributed by atoms with Gasteiger partial charge in [0.05, 0.1) is 20.8 Å². The molecule has 2 aromatic carbocycles. The zero-order chi connectivity index (χ0) is 21.4. The molecule has 5 nitrogen and oxygen atoms in total. The van der Waals surface area contributed by atoms with Crippen LogP contribution in [-0.2, 0) is 11.3 Å². The molecule has 2 rings (SSSR count). The second kappa shape index (κ2) is 10.5. The van der Waals surface area contributed by atoms with Crippen molar-refractivity contribution in [3.8, 4) is 17.2 Å². The second-order valence-electron chi connectivity index (χ2n) is 7.11. The third kappa shape index (κ3) is 6.52. The van der Waals surface area contributed by atoms with Gasteiger partial charge in [0, 0.05) is 19.7 Å². The molecule has 0 unspecified atom stereocenters. The minimum Gasteiger partial charge on any atom is -0.494 e. The van der Waals surface area contributed by atoms with Gasteiger partial charge in [0.2, 0.25) is 5.91 Å². The molecule has 156 valence electrons. The summed E-state index contributed by atoms with van der Waals surface area (Å²) in [7, 11) is 4.66. The van der Waals surface area contributed by atoms with Gasteiger partial charge in [0.1, 0.15) is 0 Å². The molecule has 0 aliphatic rings. The zero-order valence-electron chi connectivity index (χ0n) is 17.6. The fraction of sp³-hybridized carbons (Fsp3) is 0.348. The molecule has 0 saturated heterocycles. The highest BCUT2D eigenvalue weighted by atomic mass is 19.1. The van der Waals surface area contributed by atoms with Crippen molar-refractivity contribution in [2.24, 2.45) is 5.92 Å². The van der Waals surface area contributed by atoms with E-state index >= 15 is 0 Å². The predicted octanol–water partition coefficient (Wildman–Crippen LogP) is 4.55. The second-order valence-corrected chi connectivity index (χ2v) is 7.11. The number of hydrogen-bond donors (Lipinski definition) is 0. The number of halogens is 1. The Labute approximate surface area is 171 Å². The molecule has 0 N–H and O–H groups in total. The first-order valence-electron chi connectivity index (χ1n) is 9.40. The summed E-state index contributed by atoms with van der Waals surface area (Å²) in [5.41, 5.74) is 1.50. The van der Waals surface area contributed by atoms with Crippen molar-refractivity contribution in [3.63, 3.8) is 0 Å². The largest absolute Gasteiger partial charge is 0.494 e. The van der Waals surface area contributed by atoms with Crippen LogP contribution in [0, 0.1) is 11.7 Å². The van der Waals surface area contributed by atoms with Gasteiger partial charge >= 0.3 is 0 Å². The third-order valence-electron chi connectivity index (χ3n) is 4.19. The van der Waals surface area contributed by atoms with Crippen LogP contribution >= 0.6 is 0 Å².